The second-order valence-corrected chi connectivity index (χ2v) is 7.08. The van der Waals surface area contributed by atoms with Gasteiger partial charge in [-0.25, -0.2) is 0 Å². The van der Waals surface area contributed by atoms with E-state index in [1.54, 1.807) is 24.3 Å². The fourth-order valence-corrected chi connectivity index (χ4v) is 2.75. The number of nitrogens with one attached hydrogen (secondary N) is 1. The first-order valence-corrected chi connectivity index (χ1v) is 10.9. The summed E-state index contributed by atoms with van der Waals surface area (Å²) in [6.45, 7) is 2.23. The minimum absolute atomic E-state index is 0.0218. The van der Waals surface area contributed by atoms with E-state index in [0.717, 1.165) is 32.1 Å². The molecule has 0 saturated carbocycles. The maximum absolute atomic E-state index is 11.8. The van der Waals surface area contributed by atoms with Crippen LogP contribution in [0.5, 0.6) is 5.75 Å². The van der Waals surface area contributed by atoms with Gasteiger partial charge in [0.05, 0.1) is 0 Å². The minimum atomic E-state index is -0.0218. The number of phenols is 1. The molecule has 0 aliphatic carbocycles. The van der Waals surface area contributed by atoms with Crippen molar-refractivity contribution in [2.24, 2.45) is 0 Å². The molecule has 0 atom stereocenters. The highest BCUT2D eigenvalue weighted by atomic mass is 16.3. The van der Waals surface area contributed by atoms with Crippen LogP contribution in [-0.4, -0.2) is 11.0 Å². The number of carbonyl (C=O) groups excluding carboxylic acids is 1. The number of rotatable bonds is 15. The summed E-state index contributed by atoms with van der Waals surface area (Å²) in [5.74, 6) is 0.135. The van der Waals surface area contributed by atoms with Crippen LogP contribution in [0.15, 0.2) is 72.9 Å². The number of unbranched alkanes of at least 4 members (excludes halogenated alkanes) is 4. The number of amides is 1. The molecule has 0 aliphatic heterocycles. The van der Waals surface area contributed by atoms with Crippen molar-refractivity contribution in [2.75, 3.05) is 5.32 Å². The summed E-state index contributed by atoms with van der Waals surface area (Å²) in [5.41, 5.74) is 0.632. The Bertz CT molecular complexity index is 671. The topological polar surface area (TPSA) is 49.3 Å². The van der Waals surface area contributed by atoms with Crippen LogP contribution in [0.1, 0.15) is 71.1 Å². The molecular formula is C26H37NO2. The van der Waals surface area contributed by atoms with Gasteiger partial charge in [0.1, 0.15) is 5.75 Å². The Balaban J connectivity index is 1.99. The third-order valence-electron chi connectivity index (χ3n) is 4.36. The van der Waals surface area contributed by atoms with Crippen molar-refractivity contribution >= 4 is 11.6 Å². The molecule has 2 N–H and O–H groups in total. The smallest absolute Gasteiger partial charge is 0.224 e. The van der Waals surface area contributed by atoms with Crippen molar-refractivity contribution in [1.82, 2.24) is 0 Å². The maximum atomic E-state index is 11.8. The van der Waals surface area contributed by atoms with Crippen molar-refractivity contribution in [3.8, 4) is 5.75 Å². The van der Waals surface area contributed by atoms with Gasteiger partial charge in [-0.15, -0.1) is 0 Å². The fourth-order valence-electron chi connectivity index (χ4n) is 2.75. The van der Waals surface area contributed by atoms with E-state index in [0.29, 0.717) is 12.1 Å². The summed E-state index contributed by atoms with van der Waals surface area (Å²) >= 11 is 0. The Morgan fingerprint density at radius 2 is 1.45 bits per heavy atom. The highest BCUT2D eigenvalue weighted by molar-refractivity contribution is 5.90. The Morgan fingerprint density at radius 1 is 0.862 bits per heavy atom. The molecule has 1 aromatic rings. The third-order valence-corrected chi connectivity index (χ3v) is 4.36. The Labute approximate surface area is 176 Å². The molecule has 0 aromatic heterocycles. The van der Waals surface area contributed by atoms with Gasteiger partial charge < -0.3 is 10.4 Å². The molecule has 0 heterocycles. The first-order chi connectivity index (χ1) is 14.2. The molecule has 0 spiro atoms. The summed E-state index contributed by atoms with van der Waals surface area (Å²) in [5, 5.41) is 12.2. The number of allylic oxidation sites excluding steroid dienone is 8. The van der Waals surface area contributed by atoms with Crippen LogP contribution in [0.25, 0.3) is 0 Å². The van der Waals surface area contributed by atoms with Gasteiger partial charge in [0, 0.05) is 18.2 Å². The lowest BCUT2D eigenvalue weighted by molar-refractivity contribution is -0.116. The molecule has 29 heavy (non-hydrogen) atoms. The zero-order valence-electron chi connectivity index (χ0n) is 17.9. The molecule has 1 rings (SSSR count). The van der Waals surface area contributed by atoms with E-state index in [1.807, 2.05) is 0 Å². The van der Waals surface area contributed by atoms with Gasteiger partial charge in [0.25, 0.3) is 0 Å². The molecule has 0 saturated heterocycles. The third kappa shape index (κ3) is 15.1. The van der Waals surface area contributed by atoms with Crippen LogP contribution >= 0.6 is 0 Å². The maximum Gasteiger partial charge on any atom is 0.224 e. The standard InChI is InChI=1S/C26H37NO2/c1-2-3-4-5-6-7-8-9-10-11-12-13-14-15-16-17-18-22-26(29)27-24-20-19-21-25(28)23-24/h6-7,9-10,12-13,15-16,19-21,23,28H,2-5,8,11,14,17-18,22H2,1H3,(H,27,29)/b7-6+,10-9+,13-12+,16-15+. The van der Waals surface area contributed by atoms with E-state index in [4.69, 9.17) is 0 Å². The lowest BCUT2D eigenvalue weighted by Gasteiger charge is -2.04. The van der Waals surface area contributed by atoms with Crippen LogP contribution in [0.2, 0.25) is 0 Å². The number of hydrogen-bond acceptors (Lipinski definition) is 2. The largest absolute Gasteiger partial charge is 0.508 e. The van der Waals surface area contributed by atoms with Crippen LogP contribution in [0.4, 0.5) is 5.69 Å². The summed E-state index contributed by atoms with van der Waals surface area (Å²) < 4.78 is 0. The number of benzene rings is 1. The number of aromatic hydroxyl groups is 1. The van der Waals surface area contributed by atoms with Crippen molar-refractivity contribution in [3.63, 3.8) is 0 Å². The van der Waals surface area contributed by atoms with E-state index in [9.17, 15) is 9.90 Å². The summed E-state index contributed by atoms with van der Waals surface area (Å²) in [7, 11) is 0. The number of phenolic OH excluding ortho intramolecular Hbond substituents is 1. The van der Waals surface area contributed by atoms with Gasteiger partial charge in [-0.05, 0) is 57.1 Å². The number of hydrogen-bond donors (Lipinski definition) is 2. The van der Waals surface area contributed by atoms with E-state index < -0.39 is 0 Å². The van der Waals surface area contributed by atoms with E-state index in [-0.39, 0.29) is 11.7 Å². The molecule has 0 aliphatic rings. The SMILES string of the molecule is CCCCC/C=C/C/C=C/C/C=C/C/C=C/CCCC(=O)Nc1cccc(O)c1. The molecule has 0 radical (unpaired) electrons. The second kappa shape index (κ2) is 17.5. The summed E-state index contributed by atoms with van der Waals surface area (Å²) in [6, 6.07) is 6.61. The quantitative estimate of drug-likeness (QED) is 0.239. The molecule has 3 nitrogen and oxygen atoms in total. The van der Waals surface area contributed by atoms with Gasteiger partial charge in [-0.3, -0.25) is 4.79 Å². The zero-order valence-corrected chi connectivity index (χ0v) is 17.9. The Morgan fingerprint density at radius 3 is 2.03 bits per heavy atom. The molecule has 0 unspecified atom stereocenters. The van der Waals surface area contributed by atoms with Gasteiger partial charge in [-0.1, -0.05) is 74.4 Å². The average molecular weight is 396 g/mol. The number of anilines is 1. The zero-order chi connectivity index (χ0) is 21.0. The van der Waals surface area contributed by atoms with Crippen LogP contribution in [-0.2, 0) is 4.79 Å². The first-order valence-electron chi connectivity index (χ1n) is 10.9. The van der Waals surface area contributed by atoms with Crippen molar-refractivity contribution < 1.29 is 9.90 Å². The molecule has 3 heteroatoms. The molecule has 0 bridgehead atoms. The molecular weight excluding hydrogens is 358 g/mol. The Hall–Kier alpha value is -2.55. The van der Waals surface area contributed by atoms with Gasteiger partial charge in [0.2, 0.25) is 5.91 Å². The van der Waals surface area contributed by atoms with Gasteiger partial charge >= 0.3 is 0 Å². The van der Waals surface area contributed by atoms with Crippen LogP contribution in [0, 0.1) is 0 Å². The van der Waals surface area contributed by atoms with E-state index in [1.165, 1.54) is 25.7 Å². The minimum Gasteiger partial charge on any atom is -0.508 e. The van der Waals surface area contributed by atoms with Crippen molar-refractivity contribution in [1.29, 1.82) is 0 Å². The van der Waals surface area contributed by atoms with Crippen LogP contribution < -0.4 is 5.32 Å². The summed E-state index contributed by atoms with van der Waals surface area (Å²) in [4.78, 5) is 11.8. The highest BCUT2D eigenvalue weighted by Gasteiger charge is 2.01. The fraction of sp³-hybridized carbons (Fsp3) is 0.423. The molecule has 1 aromatic carbocycles. The predicted octanol–water partition coefficient (Wildman–Crippen LogP) is 7.48. The monoisotopic (exact) mass is 395 g/mol. The normalized spacial score (nSPS) is 12.0. The highest BCUT2D eigenvalue weighted by Crippen LogP contribution is 2.15. The molecule has 158 valence electrons. The number of carbonyl (C=O) groups is 1. The second-order valence-electron chi connectivity index (χ2n) is 7.08. The summed E-state index contributed by atoms with van der Waals surface area (Å²) in [6.07, 6.45) is 27.9. The molecule has 1 amide bonds. The van der Waals surface area contributed by atoms with Gasteiger partial charge in [-0.2, -0.15) is 0 Å². The van der Waals surface area contributed by atoms with Crippen molar-refractivity contribution in [3.05, 3.63) is 72.9 Å². The first kappa shape index (κ1) is 24.5. The molecule has 0 fully saturated rings. The van der Waals surface area contributed by atoms with E-state index >= 15 is 0 Å². The lowest BCUT2D eigenvalue weighted by Crippen LogP contribution is -2.10. The average Bonchev–Trinajstić information content (AvgIpc) is 2.70. The predicted molar refractivity (Wildman–Crippen MR) is 125 cm³/mol. The van der Waals surface area contributed by atoms with Crippen molar-refractivity contribution in [2.45, 2.75) is 71.1 Å². The van der Waals surface area contributed by atoms with Gasteiger partial charge in [0.15, 0.2) is 0 Å². The van der Waals surface area contributed by atoms with Crippen LogP contribution in [0.3, 0.4) is 0 Å². The Kier molecular flexibility index (Phi) is 14.8. The lowest BCUT2D eigenvalue weighted by atomic mass is 10.2. The van der Waals surface area contributed by atoms with E-state index in [2.05, 4.69) is 60.8 Å².